The Kier molecular flexibility index (Phi) is 10.0. The summed E-state index contributed by atoms with van der Waals surface area (Å²) in [6.07, 6.45) is -6.44. The third-order valence-corrected chi connectivity index (χ3v) is 3.13. The molecule has 0 spiro atoms. The molecule has 4 N–H and O–H groups in total. The van der Waals surface area contributed by atoms with Crippen LogP contribution in [-0.2, 0) is 18.9 Å². The fraction of sp³-hybridized carbons (Fsp3) is 1.00. The molecule has 0 saturated carbocycles. The van der Waals surface area contributed by atoms with E-state index in [4.69, 9.17) is 29.6 Å². The van der Waals surface area contributed by atoms with Crippen LogP contribution >= 0.6 is 0 Å². The largest absolute Gasteiger partial charge is 0.394 e. The van der Waals surface area contributed by atoms with Gasteiger partial charge in [-0.2, -0.15) is 0 Å². The number of hydrogen-bond acceptors (Lipinski definition) is 9. The van der Waals surface area contributed by atoms with Gasteiger partial charge in [-0.3, -0.25) is 0 Å². The van der Waals surface area contributed by atoms with E-state index in [0.29, 0.717) is 19.8 Å². The topological polar surface area (TPSA) is 167 Å². The highest BCUT2D eigenvalue weighted by atomic mass is 16.7. The Labute approximate surface area is 133 Å². The fourth-order valence-corrected chi connectivity index (χ4v) is 1.90. The van der Waals surface area contributed by atoms with Crippen molar-refractivity contribution in [1.82, 2.24) is 0 Å². The monoisotopic (exact) mass is 337 g/mol. The third-order valence-electron chi connectivity index (χ3n) is 3.13. The minimum atomic E-state index is -1.46. The van der Waals surface area contributed by atoms with Crippen molar-refractivity contribution in [2.75, 3.05) is 46.2 Å². The zero-order valence-corrected chi connectivity index (χ0v) is 12.6. The van der Waals surface area contributed by atoms with Crippen LogP contribution < -0.4 is 0 Å². The quantitative estimate of drug-likeness (QED) is 0.147. The van der Waals surface area contributed by atoms with Crippen LogP contribution in [0.3, 0.4) is 0 Å². The van der Waals surface area contributed by atoms with Gasteiger partial charge in [0, 0.05) is 11.5 Å². The molecule has 23 heavy (non-hydrogen) atoms. The Morgan fingerprint density at radius 3 is 2.26 bits per heavy atom. The molecule has 0 aromatic carbocycles. The molecule has 1 rings (SSSR count). The van der Waals surface area contributed by atoms with Crippen LogP contribution in [0.4, 0.5) is 0 Å². The lowest BCUT2D eigenvalue weighted by Crippen LogP contribution is -2.59. The smallest absolute Gasteiger partial charge is 0.186 e. The van der Waals surface area contributed by atoms with Gasteiger partial charge < -0.3 is 39.4 Å². The predicted octanol–water partition coefficient (Wildman–Crippen LogP) is -1.85. The number of rotatable bonds is 11. The summed E-state index contributed by atoms with van der Waals surface area (Å²) in [7, 11) is 0. The van der Waals surface area contributed by atoms with Crippen LogP contribution in [0.15, 0.2) is 5.11 Å². The van der Waals surface area contributed by atoms with Gasteiger partial charge in [-0.05, 0) is 5.53 Å². The van der Waals surface area contributed by atoms with E-state index in [1.54, 1.807) is 0 Å². The summed E-state index contributed by atoms with van der Waals surface area (Å²) in [4.78, 5) is 2.58. The van der Waals surface area contributed by atoms with Gasteiger partial charge in [0.15, 0.2) is 6.29 Å². The van der Waals surface area contributed by atoms with Crippen molar-refractivity contribution in [3.63, 3.8) is 0 Å². The molecule has 0 aromatic rings. The normalized spacial score (nSPS) is 30.9. The molecule has 5 atom stereocenters. The minimum absolute atomic E-state index is 0.0847. The Bertz CT molecular complexity index is 366. The number of aliphatic hydroxyl groups is 4. The average Bonchev–Trinajstić information content (AvgIpc) is 2.56. The lowest BCUT2D eigenvalue weighted by Gasteiger charge is -2.39. The second-order valence-corrected chi connectivity index (χ2v) is 4.75. The third kappa shape index (κ3) is 6.96. The summed E-state index contributed by atoms with van der Waals surface area (Å²) in [6.45, 7) is 1.01. The van der Waals surface area contributed by atoms with Crippen molar-refractivity contribution >= 4 is 0 Å². The lowest BCUT2D eigenvalue weighted by atomic mass is 9.99. The summed E-state index contributed by atoms with van der Waals surface area (Å²) in [5, 5.41) is 41.2. The Morgan fingerprint density at radius 1 is 0.957 bits per heavy atom. The summed E-state index contributed by atoms with van der Waals surface area (Å²) in [6, 6.07) is 0. The van der Waals surface area contributed by atoms with Gasteiger partial charge in [-0.1, -0.05) is 5.11 Å². The molecule has 134 valence electrons. The molecule has 11 nitrogen and oxygen atoms in total. The first-order valence-corrected chi connectivity index (χ1v) is 7.20. The molecule has 11 heteroatoms. The van der Waals surface area contributed by atoms with Crippen molar-refractivity contribution in [2.24, 2.45) is 5.11 Å². The number of aliphatic hydroxyl groups excluding tert-OH is 4. The van der Waals surface area contributed by atoms with Crippen LogP contribution in [0.5, 0.6) is 0 Å². The molecule has 1 saturated heterocycles. The van der Waals surface area contributed by atoms with Crippen molar-refractivity contribution in [3.05, 3.63) is 10.4 Å². The highest BCUT2D eigenvalue weighted by molar-refractivity contribution is 4.88. The van der Waals surface area contributed by atoms with Crippen LogP contribution in [0.2, 0.25) is 0 Å². The van der Waals surface area contributed by atoms with E-state index in [2.05, 4.69) is 10.0 Å². The zero-order chi connectivity index (χ0) is 17.1. The number of nitrogens with zero attached hydrogens (tertiary/aromatic N) is 3. The summed E-state index contributed by atoms with van der Waals surface area (Å²) < 4.78 is 20.7. The van der Waals surface area contributed by atoms with Crippen LogP contribution in [0.1, 0.15) is 0 Å². The predicted molar refractivity (Wildman–Crippen MR) is 75.4 cm³/mol. The van der Waals surface area contributed by atoms with Crippen LogP contribution in [0, 0.1) is 0 Å². The minimum Gasteiger partial charge on any atom is -0.394 e. The van der Waals surface area contributed by atoms with Gasteiger partial charge >= 0.3 is 0 Å². The molecule has 0 aliphatic carbocycles. The fourth-order valence-electron chi connectivity index (χ4n) is 1.90. The van der Waals surface area contributed by atoms with Gasteiger partial charge in [0.05, 0.1) is 39.6 Å². The molecule has 0 aromatic heterocycles. The van der Waals surface area contributed by atoms with Crippen LogP contribution in [-0.4, -0.2) is 97.3 Å². The maximum Gasteiger partial charge on any atom is 0.186 e. The maximum absolute atomic E-state index is 9.73. The molecular weight excluding hydrogens is 314 g/mol. The first kappa shape index (κ1) is 20.0. The SMILES string of the molecule is [N-]=[N+]=NCCOCCOCCOC1O[C@H](CO)[C@H](O)[C@H](O)[C@H]1O. The second kappa shape index (κ2) is 11.5. The molecule has 1 fully saturated rings. The second-order valence-electron chi connectivity index (χ2n) is 4.75. The van der Waals surface area contributed by atoms with E-state index in [9.17, 15) is 15.3 Å². The molecule has 1 heterocycles. The summed E-state index contributed by atoms with van der Waals surface area (Å²) in [5.41, 5.74) is 8.05. The summed E-state index contributed by atoms with van der Waals surface area (Å²) in [5.74, 6) is 0. The van der Waals surface area contributed by atoms with Gasteiger partial charge in [-0.25, -0.2) is 0 Å². The first-order chi connectivity index (χ1) is 11.1. The van der Waals surface area contributed by atoms with Crippen molar-refractivity contribution in [2.45, 2.75) is 30.7 Å². The van der Waals surface area contributed by atoms with Crippen molar-refractivity contribution < 1.29 is 39.4 Å². The van der Waals surface area contributed by atoms with E-state index in [1.165, 1.54) is 0 Å². The highest BCUT2D eigenvalue weighted by Gasteiger charge is 2.43. The van der Waals surface area contributed by atoms with E-state index >= 15 is 0 Å². The van der Waals surface area contributed by atoms with Crippen molar-refractivity contribution in [3.8, 4) is 0 Å². The standard InChI is InChI=1S/C12H23N3O8/c13-15-14-1-2-20-3-4-21-5-6-22-12-11(19)10(18)9(17)8(7-16)23-12/h8-12,16-19H,1-7H2/t8-,9+,10+,11-,12?/m1/s1. The van der Waals surface area contributed by atoms with Crippen molar-refractivity contribution in [1.29, 1.82) is 0 Å². The summed E-state index contributed by atoms with van der Waals surface area (Å²) >= 11 is 0. The Morgan fingerprint density at radius 2 is 1.61 bits per heavy atom. The molecule has 1 unspecified atom stereocenters. The highest BCUT2D eigenvalue weighted by Crippen LogP contribution is 2.21. The van der Waals surface area contributed by atoms with Gasteiger partial charge in [-0.15, -0.1) is 0 Å². The molecule has 1 aliphatic heterocycles. The number of hydrogen-bond donors (Lipinski definition) is 4. The number of ether oxygens (including phenoxy) is 4. The molecule has 0 radical (unpaired) electrons. The zero-order valence-electron chi connectivity index (χ0n) is 12.6. The first-order valence-electron chi connectivity index (χ1n) is 7.20. The van der Waals surface area contributed by atoms with Gasteiger partial charge in [0.25, 0.3) is 0 Å². The van der Waals surface area contributed by atoms with E-state index in [1.807, 2.05) is 0 Å². The lowest BCUT2D eigenvalue weighted by molar-refractivity contribution is -0.302. The molecular formula is C12H23N3O8. The van der Waals surface area contributed by atoms with E-state index in [0.717, 1.165) is 0 Å². The van der Waals surface area contributed by atoms with E-state index in [-0.39, 0.29) is 19.8 Å². The molecule has 0 amide bonds. The van der Waals surface area contributed by atoms with E-state index < -0.39 is 37.3 Å². The number of azide groups is 1. The average molecular weight is 337 g/mol. The van der Waals surface area contributed by atoms with Gasteiger partial charge in [0.2, 0.25) is 0 Å². The molecule has 0 bridgehead atoms. The molecule has 1 aliphatic rings. The Hall–Kier alpha value is -1.01. The van der Waals surface area contributed by atoms with Gasteiger partial charge in [0.1, 0.15) is 24.4 Å². The van der Waals surface area contributed by atoms with Crippen LogP contribution in [0.25, 0.3) is 10.4 Å². The maximum atomic E-state index is 9.73. The Balaban J connectivity index is 2.09.